The van der Waals surface area contributed by atoms with Gasteiger partial charge >= 0.3 is 11.0 Å². The Balaban J connectivity index is 0. The molecule has 0 N–H and O–H groups in total. The number of nitrogens with zero attached hydrogens (tertiary/aromatic N) is 2. The maximum atomic E-state index is 11.1. The highest BCUT2D eigenvalue weighted by molar-refractivity contribution is 8.20. The van der Waals surface area contributed by atoms with Crippen molar-refractivity contribution in [2.45, 2.75) is 147 Å². The van der Waals surface area contributed by atoms with E-state index in [1.165, 1.54) is 140 Å². The van der Waals surface area contributed by atoms with Gasteiger partial charge in [-0.25, -0.2) is 0 Å². The van der Waals surface area contributed by atoms with Crippen LogP contribution in [0.15, 0.2) is 0 Å². The number of halogens is 6. The van der Waals surface area contributed by atoms with Crippen LogP contribution < -0.4 is 0 Å². The maximum Gasteiger partial charge on any atom is 0.423 e. The summed E-state index contributed by atoms with van der Waals surface area (Å²) in [5.41, 5.74) is -9.50. The molecule has 0 aliphatic carbocycles. The summed E-state index contributed by atoms with van der Waals surface area (Å²) in [7, 11) is 2.56. The van der Waals surface area contributed by atoms with E-state index in [2.05, 4.69) is 31.9 Å². The highest BCUT2D eigenvalue weighted by atomic mass is 32.2. The molecule has 0 unspecified atom stereocenters. The number of hydrogen-bond acceptors (Lipinski definition) is 2. The van der Waals surface area contributed by atoms with Crippen molar-refractivity contribution < 1.29 is 30.8 Å². The molecule has 226 valence electrons. The van der Waals surface area contributed by atoms with Gasteiger partial charge in [0.15, 0.2) is 0 Å². The van der Waals surface area contributed by atoms with E-state index in [0.717, 1.165) is 0 Å². The number of rotatable bonds is 23. The lowest BCUT2D eigenvalue weighted by molar-refractivity contribution is -0.910. The molecule has 0 fully saturated rings. The summed E-state index contributed by atoms with van der Waals surface area (Å²) >= 11 is -2.14. The van der Waals surface area contributed by atoms with Gasteiger partial charge in [-0.2, -0.15) is 50.2 Å². The smallest absolute Gasteiger partial charge is 0.423 e. The molecule has 10 heteroatoms. The van der Waals surface area contributed by atoms with Crippen LogP contribution in [0.4, 0.5) is 26.3 Å². The minimum atomic E-state index is -4.75. The summed E-state index contributed by atoms with van der Waals surface area (Å²) in [5.74, 6) is 0. The van der Waals surface area contributed by atoms with Crippen molar-refractivity contribution in [1.82, 2.24) is 0 Å². The third-order valence-corrected chi connectivity index (χ3v) is 7.45. The van der Waals surface area contributed by atoms with Gasteiger partial charge in [-0.05, 0) is 38.5 Å². The molecule has 0 heterocycles. The molecule has 0 saturated heterocycles. The molecule has 0 amide bonds. The van der Waals surface area contributed by atoms with Crippen LogP contribution in [-0.2, 0) is 0 Å². The molecule has 0 aromatic heterocycles. The number of hydrogen-bond donors (Lipinski definition) is 0. The first kappa shape index (κ1) is 39.3. The Bertz CT molecular complexity index is 422. The SMILES string of the molecule is CCCCCCCC[N+](C)(CCCCCCCC)CCCCCCCC.FC(F)(F)S[N-]SC(F)(F)F. The lowest BCUT2D eigenvalue weighted by atomic mass is 10.1. The van der Waals surface area contributed by atoms with E-state index in [9.17, 15) is 26.3 Å². The quantitative estimate of drug-likeness (QED) is 0.0513. The Morgan fingerprint density at radius 2 is 0.703 bits per heavy atom. The van der Waals surface area contributed by atoms with E-state index in [-0.39, 0.29) is 0 Å². The van der Waals surface area contributed by atoms with Gasteiger partial charge < -0.3 is 8.61 Å². The second kappa shape index (κ2) is 25.2. The fourth-order valence-electron chi connectivity index (χ4n) is 4.26. The summed E-state index contributed by atoms with van der Waals surface area (Å²) in [6.07, 6.45) is 25.9. The average molecular weight is 585 g/mol. The second-order valence-corrected chi connectivity index (χ2v) is 12.1. The molecule has 0 saturated carbocycles. The fourth-order valence-corrected chi connectivity index (χ4v) is 5.09. The van der Waals surface area contributed by atoms with Crippen LogP contribution in [0, 0.1) is 0 Å². The average Bonchev–Trinajstić information content (AvgIpc) is 2.79. The highest BCUT2D eigenvalue weighted by Gasteiger charge is 2.26. The maximum absolute atomic E-state index is 11.1. The normalized spacial score (nSPS) is 12.5. The third kappa shape index (κ3) is 34.2. The van der Waals surface area contributed by atoms with Crippen LogP contribution in [-0.4, -0.2) is 42.2 Å². The minimum absolute atomic E-state index is 1.07. The van der Waals surface area contributed by atoms with Crippen molar-refractivity contribution in [3.05, 3.63) is 4.13 Å². The van der Waals surface area contributed by atoms with Crippen LogP contribution in [0.2, 0.25) is 0 Å². The molecular weight excluding hydrogens is 530 g/mol. The Morgan fingerprint density at radius 3 is 0.946 bits per heavy atom. The lowest BCUT2D eigenvalue weighted by Gasteiger charge is -2.35. The van der Waals surface area contributed by atoms with Crippen LogP contribution in [0.25, 0.3) is 4.13 Å². The predicted octanol–water partition coefficient (Wildman–Crippen LogP) is 12.2. The molecule has 0 rings (SSSR count). The topological polar surface area (TPSA) is 14.1 Å². The van der Waals surface area contributed by atoms with Crippen LogP contribution >= 0.6 is 23.9 Å². The van der Waals surface area contributed by atoms with Gasteiger partial charge in [0.25, 0.3) is 0 Å². The summed E-state index contributed by atoms with van der Waals surface area (Å²) < 4.78 is 70.2. The van der Waals surface area contributed by atoms with Gasteiger partial charge in [0.2, 0.25) is 0 Å². The molecule has 0 aliphatic heterocycles. The summed E-state index contributed by atoms with van der Waals surface area (Å²) in [5, 5.41) is 0. The van der Waals surface area contributed by atoms with E-state index in [0.29, 0.717) is 0 Å². The van der Waals surface area contributed by atoms with Gasteiger partial charge in [-0.1, -0.05) is 97.8 Å². The zero-order chi connectivity index (χ0) is 28.5. The standard InChI is InChI=1S/C25H54N.C2F6NS2/c1-5-8-11-14-17-20-23-26(4,24-21-18-15-12-9-6-2)25-22-19-16-13-10-7-3;3-1(4,5)10-9-11-2(6,7)8/h5-25H2,1-4H3;/q+1;-1. The number of alkyl halides is 6. The number of unbranched alkanes of at least 4 members (excludes halogenated alkanes) is 15. The fraction of sp³-hybridized carbons (Fsp3) is 1.00. The van der Waals surface area contributed by atoms with E-state index < -0.39 is 34.9 Å². The molecule has 0 atom stereocenters. The monoisotopic (exact) mass is 584 g/mol. The van der Waals surface area contributed by atoms with Crippen LogP contribution in [0.1, 0.15) is 136 Å². The molecule has 0 radical (unpaired) electrons. The molecule has 0 bridgehead atoms. The van der Waals surface area contributed by atoms with E-state index in [4.69, 9.17) is 0 Å². The van der Waals surface area contributed by atoms with Gasteiger partial charge in [0, 0.05) is 0 Å². The van der Waals surface area contributed by atoms with Gasteiger partial charge in [0.1, 0.15) is 0 Å². The lowest BCUT2D eigenvalue weighted by Crippen LogP contribution is -2.46. The molecule has 0 aliphatic rings. The van der Waals surface area contributed by atoms with E-state index >= 15 is 0 Å². The van der Waals surface area contributed by atoms with Crippen molar-refractivity contribution in [1.29, 1.82) is 0 Å². The molecule has 2 nitrogen and oxygen atoms in total. The van der Waals surface area contributed by atoms with E-state index in [1.54, 1.807) is 0 Å². The highest BCUT2D eigenvalue weighted by Crippen LogP contribution is 2.45. The first-order valence-electron chi connectivity index (χ1n) is 14.4. The zero-order valence-electron chi connectivity index (χ0n) is 23.8. The van der Waals surface area contributed by atoms with Crippen molar-refractivity contribution in [2.24, 2.45) is 0 Å². The van der Waals surface area contributed by atoms with Crippen LogP contribution in [0.5, 0.6) is 0 Å². The van der Waals surface area contributed by atoms with Crippen molar-refractivity contribution in [2.75, 3.05) is 26.7 Å². The predicted molar refractivity (Wildman–Crippen MR) is 152 cm³/mol. The van der Waals surface area contributed by atoms with Crippen LogP contribution in [0.3, 0.4) is 0 Å². The van der Waals surface area contributed by atoms with Crippen molar-refractivity contribution in [3.63, 3.8) is 0 Å². The molecule has 0 aromatic rings. The van der Waals surface area contributed by atoms with Crippen molar-refractivity contribution in [3.8, 4) is 0 Å². The third-order valence-electron chi connectivity index (χ3n) is 6.44. The first-order chi connectivity index (χ1) is 17.4. The van der Waals surface area contributed by atoms with Gasteiger partial charge in [-0.15, -0.1) is 0 Å². The summed E-state index contributed by atoms with van der Waals surface area (Å²) in [4.78, 5) is 0. The zero-order valence-corrected chi connectivity index (χ0v) is 25.5. The van der Waals surface area contributed by atoms with Gasteiger partial charge in [-0.3, -0.25) is 0 Å². The Kier molecular flexibility index (Phi) is 26.8. The van der Waals surface area contributed by atoms with E-state index in [1.807, 2.05) is 0 Å². The first-order valence-corrected chi connectivity index (χ1v) is 16.0. The Morgan fingerprint density at radius 1 is 0.459 bits per heavy atom. The summed E-state index contributed by atoms with van der Waals surface area (Å²) in [6, 6.07) is 0. The Labute approximate surface area is 232 Å². The molecule has 0 spiro atoms. The Hall–Kier alpha value is 0.200. The number of quaternary nitrogens is 1. The molecule has 0 aromatic carbocycles. The van der Waals surface area contributed by atoms with Crippen molar-refractivity contribution >= 4 is 23.9 Å². The molecular formula is C27H54F6N2S2. The largest absolute Gasteiger partial charge is 0.536 e. The minimum Gasteiger partial charge on any atom is -0.536 e. The summed E-state index contributed by atoms with van der Waals surface area (Å²) in [6.45, 7) is 11.2. The van der Waals surface area contributed by atoms with Gasteiger partial charge in [0.05, 0.1) is 26.7 Å². The molecule has 37 heavy (non-hydrogen) atoms. The second-order valence-electron chi connectivity index (χ2n) is 10.2.